The highest BCUT2D eigenvalue weighted by Gasteiger charge is 2.44. The molecule has 7 unspecified atom stereocenters. The lowest BCUT2D eigenvalue weighted by Gasteiger charge is -2.40. The highest BCUT2D eigenvalue weighted by atomic mass is 16.7. The third-order valence-electron chi connectivity index (χ3n) is 17.0. The minimum atomic E-state index is -1.56. The minimum absolute atomic E-state index is 0.143. The first kappa shape index (κ1) is 81.1. The fourth-order valence-corrected chi connectivity index (χ4v) is 11.3. The van der Waals surface area contributed by atoms with Gasteiger partial charge in [-0.2, -0.15) is 0 Å². The van der Waals surface area contributed by atoms with Crippen molar-refractivity contribution in [1.82, 2.24) is 5.32 Å². The SMILES string of the molecule is CC/C=C\C/C=C\C/C=C\C/C=C\C/C=C\C/C=C\C/C=C\C/C=C\CCCCCCCCCCCCC(=O)NC(COC1OC(CO)C(O)C(O)C1O)C(O)CCCCCCCCCCCCCCCCCCCCCCCCCCCCCC. The van der Waals surface area contributed by atoms with Crippen LogP contribution in [0, 0.1) is 0 Å². The molecule has 0 aromatic heterocycles. The van der Waals surface area contributed by atoms with Crippen LogP contribution in [0.1, 0.15) is 328 Å². The molecule has 0 radical (unpaired) electrons. The van der Waals surface area contributed by atoms with Gasteiger partial charge in [-0.05, 0) is 77.0 Å². The second kappa shape index (κ2) is 65.1. The molecule has 86 heavy (non-hydrogen) atoms. The van der Waals surface area contributed by atoms with Crippen LogP contribution >= 0.6 is 0 Å². The van der Waals surface area contributed by atoms with Crippen LogP contribution in [-0.2, 0) is 14.3 Å². The standard InChI is InChI=1S/C77H137NO8/c1-3-5-7-9-11-13-15-17-19-21-23-25-27-29-31-33-34-35-36-37-38-39-41-43-45-47-49-51-53-55-57-59-61-63-65-67-73(81)78-70(69-85-77-76(84)75(83)74(82)72(68-79)86-77)71(80)66-64-62-60-58-56-54-52-50-48-46-44-42-40-32-30-28-26-24-22-20-18-16-14-12-10-8-6-4-2/h5,7,11,13,17,19,23,25,29,31,34-35,37-38,41,43,70-72,74-77,79-80,82-84H,3-4,6,8-10,12,14-16,18,20-22,24,26-28,30,32-33,36,39-40,42,44-69H2,1-2H3,(H,78,81)/b7-5-,13-11-,19-17-,25-23-,31-29-,35-34-,38-37-,43-41-. The number of unbranched alkanes of at least 4 members (excludes halogenated alkanes) is 37. The van der Waals surface area contributed by atoms with E-state index in [1.54, 1.807) is 0 Å². The average Bonchev–Trinajstić information content (AvgIpc) is 3.65. The van der Waals surface area contributed by atoms with E-state index in [9.17, 15) is 30.3 Å². The molecular formula is C77H137NO8. The summed E-state index contributed by atoms with van der Waals surface area (Å²) in [7, 11) is 0. The van der Waals surface area contributed by atoms with Crippen LogP contribution in [0.15, 0.2) is 97.2 Å². The molecule has 0 aliphatic carbocycles. The lowest BCUT2D eigenvalue weighted by atomic mass is 9.99. The number of aliphatic hydroxyl groups is 5. The highest BCUT2D eigenvalue weighted by Crippen LogP contribution is 2.24. The van der Waals surface area contributed by atoms with Crippen molar-refractivity contribution >= 4 is 5.91 Å². The van der Waals surface area contributed by atoms with Crippen LogP contribution < -0.4 is 5.32 Å². The molecule has 6 N–H and O–H groups in total. The molecule has 1 rings (SSSR count). The Morgan fingerprint density at radius 1 is 0.407 bits per heavy atom. The Balaban J connectivity index is 2.13. The maximum Gasteiger partial charge on any atom is 0.220 e. The predicted molar refractivity (Wildman–Crippen MR) is 368 cm³/mol. The Labute approximate surface area is 530 Å². The van der Waals surface area contributed by atoms with Crippen LogP contribution in [0.25, 0.3) is 0 Å². The molecule has 1 saturated heterocycles. The van der Waals surface area contributed by atoms with Crippen LogP contribution in [0.2, 0.25) is 0 Å². The van der Waals surface area contributed by atoms with Crippen molar-refractivity contribution in [1.29, 1.82) is 0 Å². The van der Waals surface area contributed by atoms with E-state index in [2.05, 4.69) is 116 Å². The van der Waals surface area contributed by atoms with E-state index < -0.39 is 49.5 Å². The normalized spacial score (nSPS) is 18.6. The van der Waals surface area contributed by atoms with E-state index >= 15 is 0 Å². The van der Waals surface area contributed by atoms with Crippen molar-refractivity contribution in [3.63, 3.8) is 0 Å². The lowest BCUT2D eigenvalue weighted by molar-refractivity contribution is -0.302. The summed E-state index contributed by atoms with van der Waals surface area (Å²) in [5, 5.41) is 55.0. The average molecular weight is 1200 g/mol. The summed E-state index contributed by atoms with van der Waals surface area (Å²) in [6.07, 6.45) is 87.6. The second-order valence-electron chi connectivity index (χ2n) is 25.0. The molecule has 1 aliphatic heterocycles. The molecular weight excluding hydrogens is 1070 g/mol. The zero-order chi connectivity index (χ0) is 62.1. The molecule has 1 amide bonds. The predicted octanol–water partition coefficient (Wildman–Crippen LogP) is 20.3. The number of amides is 1. The molecule has 1 heterocycles. The number of hydrogen-bond acceptors (Lipinski definition) is 8. The Morgan fingerprint density at radius 2 is 0.721 bits per heavy atom. The van der Waals surface area contributed by atoms with Crippen LogP contribution in [0.3, 0.4) is 0 Å². The zero-order valence-electron chi connectivity index (χ0n) is 55.8. The molecule has 0 aromatic rings. The molecule has 1 fully saturated rings. The Bertz CT molecular complexity index is 1680. The number of carbonyl (C=O) groups excluding carboxylic acids is 1. The Kier molecular flexibility index (Phi) is 61.4. The van der Waals surface area contributed by atoms with E-state index in [0.29, 0.717) is 12.8 Å². The summed E-state index contributed by atoms with van der Waals surface area (Å²) in [5.74, 6) is -0.148. The van der Waals surface area contributed by atoms with E-state index in [1.807, 2.05) is 0 Å². The Hall–Kier alpha value is -2.89. The molecule has 7 atom stereocenters. The fraction of sp³-hybridized carbons (Fsp3) is 0.779. The third kappa shape index (κ3) is 53.0. The summed E-state index contributed by atoms with van der Waals surface area (Å²) >= 11 is 0. The molecule has 0 saturated carbocycles. The third-order valence-corrected chi connectivity index (χ3v) is 17.0. The van der Waals surface area contributed by atoms with Gasteiger partial charge in [0.15, 0.2) is 6.29 Å². The van der Waals surface area contributed by atoms with Crippen LogP contribution in [0.4, 0.5) is 0 Å². The van der Waals surface area contributed by atoms with Gasteiger partial charge in [0.2, 0.25) is 5.91 Å². The first-order valence-corrected chi connectivity index (χ1v) is 36.4. The van der Waals surface area contributed by atoms with Crippen molar-refractivity contribution in [3.8, 4) is 0 Å². The molecule has 0 bridgehead atoms. The van der Waals surface area contributed by atoms with Gasteiger partial charge in [0, 0.05) is 6.42 Å². The molecule has 9 nitrogen and oxygen atoms in total. The lowest BCUT2D eigenvalue weighted by Crippen LogP contribution is -2.60. The number of aliphatic hydroxyl groups excluding tert-OH is 5. The second-order valence-corrected chi connectivity index (χ2v) is 25.0. The maximum atomic E-state index is 13.2. The van der Waals surface area contributed by atoms with Gasteiger partial charge in [-0.1, -0.05) is 342 Å². The quantitative estimate of drug-likeness (QED) is 0.0261. The summed E-state index contributed by atoms with van der Waals surface area (Å²) in [6, 6.07) is -0.730. The summed E-state index contributed by atoms with van der Waals surface area (Å²) in [6.45, 7) is 3.76. The van der Waals surface area contributed by atoms with Crippen LogP contribution in [0.5, 0.6) is 0 Å². The van der Waals surface area contributed by atoms with Gasteiger partial charge in [0.25, 0.3) is 0 Å². The van der Waals surface area contributed by atoms with E-state index in [0.717, 1.165) is 96.3 Å². The van der Waals surface area contributed by atoms with Gasteiger partial charge >= 0.3 is 0 Å². The topological polar surface area (TPSA) is 149 Å². The smallest absolute Gasteiger partial charge is 0.220 e. The minimum Gasteiger partial charge on any atom is -0.394 e. The van der Waals surface area contributed by atoms with Crippen molar-refractivity contribution in [2.75, 3.05) is 13.2 Å². The number of allylic oxidation sites excluding steroid dienone is 16. The van der Waals surface area contributed by atoms with E-state index in [-0.39, 0.29) is 12.5 Å². The van der Waals surface area contributed by atoms with Crippen LogP contribution in [-0.4, -0.2) is 87.5 Å². The number of ether oxygens (including phenoxy) is 2. The van der Waals surface area contributed by atoms with Gasteiger partial charge < -0.3 is 40.3 Å². The van der Waals surface area contributed by atoms with Crippen molar-refractivity contribution in [3.05, 3.63) is 97.2 Å². The number of hydrogen-bond donors (Lipinski definition) is 6. The summed E-state index contributed by atoms with van der Waals surface area (Å²) in [5.41, 5.74) is 0. The number of carbonyl (C=O) groups is 1. The summed E-state index contributed by atoms with van der Waals surface area (Å²) in [4.78, 5) is 13.2. The largest absolute Gasteiger partial charge is 0.394 e. The monoisotopic (exact) mass is 1200 g/mol. The first-order chi connectivity index (χ1) is 42.3. The van der Waals surface area contributed by atoms with Gasteiger partial charge in [-0.25, -0.2) is 0 Å². The molecule has 0 spiro atoms. The molecule has 498 valence electrons. The van der Waals surface area contributed by atoms with Gasteiger partial charge in [0.05, 0.1) is 25.4 Å². The van der Waals surface area contributed by atoms with Gasteiger partial charge in [-0.3, -0.25) is 4.79 Å². The summed E-state index contributed by atoms with van der Waals surface area (Å²) < 4.78 is 11.4. The van der Waals surface area contributed by atoms with Crippen molar-refractivity contribution in [2.24, 2.45) is 0 Å². The maximum absolute atomic E-state index is 13.2. The highest BCUT2D eigenvalue weighted by molar-refractivity contribution is 5.76. The first-order valence-electron chi connectivity index (χ1n) is 36.4. The van der Waals surface area contributed by atoms with E-state index in [4.69, 9.17) is 9.47 Å². The van der Waals surface area contributed by atoms with Gasteiger partial charge in [-0.15, -0.1) is 0 Å². The van der Waals surface area contributed by atoms with E-state index in [1.165, 1.54) is 205 Å². The molecule has 1 aliphatic rings. The molecule has 9 heteroatoms. The fourth-order valence-electron chi connectivity index (χ4n) is 11.3. The number of nitrogens with one attached hydrogen (secondary N) is 1. The van der Waals surface area contributed by atoms with Crippen molar-refractivity contribution < 1.29 is 39.8 Å². The zero-order valence-corrected chi connectivity index (χ0v) is 55.8. The van der Waals surface area contributed by atoms with Crippen molar-refractivity contribution in [2.45, 2.75) is 371 Å². The van der Waals surface area contributed by atoms with Gasteiger partial charge in [0.1, 0.15) is 24.4 Å². The Morgan fingerprint density at radius 3 is 1.07 bits per heavy atom. The molecule has 0 aromatic carbocycles. The number of rotatable bonds is 63.